The second-order valence-electron chi connectivity index (χ2n) is 9.18. The number of benzene rings is 1. The number of piperidine rings is 1. The van der Waals surface area contributed by atoms with Crippen LogP contribution in [0.15, 0.2) is 36.8 Å². The minimum atomic E-state index is -0.0170. The molecular formula is C25H32ClN7O2. The second kappa shape index (κ2) is 10.6. The van der Waals surface area contributed by atoms with Gasteiger partial charge in [0.1, 0.15) is 5.75 Å². The van der Waals surface area contributed by atoms with Gasteiger partial charge in [0.15, 0.2) is 0 Å². The Morgan fingerprint density at radius 2 is 2.00 bits per heavy atom. The van der Waals surface area contributed by atoms with Gasteiger partial charge in [0.25, 0.3) is 5.91 Å². The summed E-state index contributed by atoms with van der Waals surface area (Å²) < 4.78 is 7.43. The summed E-state index contributed by atoms with van der Waals surface area (Å²) in [4.78, 5) is 26.2. The lowest BCUT2D eigenvalue weighted by Gasteiger charge is -2.35. The first-order valence-electron chi connectivity index (χ1n) is 11.7. The van der Waals surface area contributed by atoms with E-state index in [2.05, 4.69) is 46.2 Å². The van der Waals surface area contributed by atoms with Crippen molar-refractivity contribution in [3.8, 4) is 17.0 Å². The van der Waals surface area contributed by atoms with Crippen LogP contribution in [0.25, 0.3) is 11.3 Å². The molecule has 3 aromatic rings. The molecule has 1 fully saturated rings. The molecule has 4 rings (SSSR count). The number of aromatic nitrogens is 4. The molecule has 186 valence electrons. The van der Waals surface area contributed by atoms with Gasteiger partial charge in [0, 0.05) is 36.5 Å². The molecule has 9 nitrogen and oxygen atoms in total. The molecule has 1 aliphatic rings. The molecular weight excluding hydrogens is 466 g/mol. The lowest BCUT2D eigenvalue weighted by Crippen LogP contribution is -2.44. The summed E-state index contributed by atoms with van der Waals surface area (Å²) in [5.74, 6) is 0.875. The highest BCUT2D eigenvalue weighted by Gasteiger charge is 2.25. The average Bonchev–Trinajstić information content (AvgIpc) is 3.35. The molecule has 0 unspecified atom stereocenters. The number of anilines is 2. The highest BCUT2D eigenvalue weighted by molar-refractivity contribution is 6.32. The molecule has 0 atom stereocenters. The van der Waals surface area contributed by atoms with Crippen molar-refractivity contribution in [2.75, 3.05) is 39.6 Å². The number of hydrogen-bond donors (Lipinski definition) is 1. The Hall–Kier alpha value is -3.17. The topological polar surface area (TPSA) is 88.4 Å². The normalized spacial score (nSPS) is 14.8. The van der Waals surface area contributed by atoms with E-state index in [1.54, 1.807) is 31.6 Å². The van der Waals surface area contributed by atoms with Crippen LogP contribution in [0.1, 0.15) is 43.1 Å². The molecule has 1 saturated heterocycles. The van der Waals surface area contributed by atoms with Crippen molar-refractivity contribution in [1.29, 1.82) is 0 Å². The summed E-state index contributed by atoms with van der Waals surface area (Å²) in [7, 11) is 5.56. The van der Waals surface area contributed by atoms with E-state index in [0.717, 1.165) is 31.5 Å². The molecule has 1 amide bonds. The van der Waals surface area contributed by atoms with Crippen molar-refractivity contribution < 1.29 is 9.53 Å². The standard InChI is InChI=1S/C25H32ClN7O2/c1-16(2)33-15-18(13-28-33)23-20(26)14-27-25(30-23)29-21-7-6-17(12-22(21)35-5)24(34)32(4)19-8-10-31(3)11-9-19/h6-7,12-16,19H,8-11H2,1-5H3,(H,27,29,30). The maximum Gasteiger partial charge on any atom is 0.253 e. The molecule has 2 aromatic heterocycles. The maximum absolute atomic E-state index is 13.1. The van der Waals surface area contributed by atoms with E-state index >= 15 is 0 Å². The van der Waals surface area contributed by atoms with E-state index < -0.39 is 0 Å². The highest BCUT2D eigenvalue weighted by atomic mass is 35.5. The highest BCUT2D eigenvalue weighted by Crippen LogP contribution is 2.31. The molecule has 10 heteroatoms. The molecule has 3 heterocycles. The van der Waals surface area contributed by atoms with Crippen LogP contribution >= 0.6 is 11.6 Å². The second-order valence-corrected chi connectivity index (χ2v) is 9.59. The number of nitrogens with one attached hydrogen (secondary N) is 1. The predicted octanol–water partition coefficient (Wildman–Crippen LogP) is 4.49. The Morgan fingerprint density at radius 3 is 2.66 bits per heavy atom. The Kier molecular flexibility index (Phi) is 7.57. The minimum Gasteiger partial charge on any atom is -0.495 e. The summed E-state index contributed by atoms with van der Waals surface area (Å²) in [5.41, 5.74) is 2.62. The van der Waals surface area contributed by atoms with Crippen LogP contribution in [0.3, 0.4) is 0 Å². The number of rotatable bonds is 7. The Morgan fingerprint density at radius 1 is 1.26 bits per heavy atom. The lowest BCUT2D eigenvalue weighted by molar-refractivity contribution is 0.0659. The van der Waals surface area contributed by atoms with Gasteiger partial charge in [-0.05, 0) is 65.0 Å². The Bertz CT molecular complexity index is 1190. The monoisotopic (exact) mass is 497 g/mol. The summed E-state index contributed by atoms with van der Waals surface area (Å²) in [5, 5.41) is 8.00. The predicted molar refractivity (Wildman–Crippen MR) is 138 cm³/mol. The average molecular weight is 498 g/mol. The van der Waals surface area contributed by atoms with Gasteiger partial charge in [-0.1, -0.05) is 11.6 Å². The zero-order valence-electron chi connectivity index (χ0n) is 20.8. The minimum absolute atomic E-state index is 0.0170. The number of nitrogens with zero attached hydrogens (tertiary/aromatic N) is 6. The molecule has 1 aliphatic heterocycles. The lowest BCUT2D eigenvalue weighted by atomic mass is 10.0. The third kappa shape index (κ3) is 5.57. The fourth-order valence-corrected chi connectivity index (χ4v) is 4.37. The maximum atomic E-state index is 13.1. The van der Waals surface area contributed by atoms with Crippen molar-refractivity contribution in [1.82, 2.24) is 29.5 Å². The van der Waals surface area contributed by atoms with Gasteiger partial charge >= 0.3 is 0 Å². The van der Waals surface area contributed by atoms with E-state index in [9.17, 15) is 4.79 Å². The third-order valence-electron chi connectivity index (χ3n) is 6.40. The molecule has 1 aromatic carbocycles. The van der Waals surface area contributed by atoms with Gasteiger partial charge in [0.2, 0.25) is 5.95 Å². The third-order valence-corrected chi connectivity index (χ3v) is 6.68. The van der Waals surface area contributed by atoms with E-state index in [4.69, 9.17) is 16.3 Å². The van der Waals surface area contributed by atoms with Gasteiger partial charge in [-0.3, -0.25) is 9.48 Å². The smallest absolute Gasteiger partial charge is 0.253 e. The Balaban J connectivity index is 1.53. The number of methoxy groups -OCH3 is 1. The first kappa shape index (κ1) is 24.9. The fraction of sp³-hybridized carbons (Fsp3) is 0.440. The first-order valence-corrected chi connectivity index (χ1v) is 12.1. The molecule has 0 spiro atoms. The molecule has 0 saturated carbocycles. The van der Waals surface area contributed by atoms with Gasteiger partial charge in [-0.25, -0.2) is 9.97 Å². The van der Waals surface area contributed by atoms with E-state index in [1.807, 2.05) is 28.9 Å². The van der Waals surface area contributed by atoms with Crippen molar-refractivity contribution >= 4 is 29.1 Å². The largest absolute Gasteiger partial charge is 0.495 e. The van der Waals surface area contributed by atoms with Crippen LogP contribution in [-0.2, 0) is 0 Å². The zero-order valence-corrected chi connectivity index (χ0v) is 21.6. The molecule has 1 N–H and O–H groups in total. The van der Waals surface area contributed by atoms with E-state index in [-0.39, 0.29) is 18.0 Å². The van der Waals surface area contributed by atoms with Crippen LogP contribution in [0.2, 0.25) is 5.02 Å². The summed E-state index contributed by atoms with van der Waals surface area (Å²) in [6.07, 6.45) is 7.15. The first-order chi connectivity index (χ1) is 16.8. The van der Waals surface area contributed by atoms with Crippen molar-refractivity contribution in [2.45, 2.75) is 38.8 Å². The number of amides is 1. The van der Waals surface area contributed by atoms with Crippen LogP contribution in [-0.4, -0.2) is 75.8 Å². The van der Waals surface area contributed by atoms with Crippen LogP contribution < -0.4 is 10.1 Å². The van der Waals surface area contributed by atoms with Gasteiger partial charge < -0.3 is 19.9 Å². The molecule has 0 bridgehead atoms. The van der Waals surface area contributed by atoms with Crippen LogP contribution in [0.4, 0.5) is 11.6 Å². The zero-order chi connectivity index (χ0) is 25.1. The number of hydrogen-bond acceptors (Lipinski definition) is 7. The molecule has 0 aliphatic carbocycles. The number of carbonyl (C=O) groups is 1. The number of ether oxygens (including phenoxy) is 1. The summed E-state index contributed by atoms with van der Waals surface area (Å²) in [6.45, 7) is 6.10. The van der Waals surface area contributed by atoms with Crippen molar-refractivity contribution in [3.05, 3.63) is 47.4 Å². The van der Waals surface area contributed by atoms with Crippen LogP contribution in [0.5, 0.6) is 5.75 Å². The van der Waals surface area contributed by atoms with E-state index in [0.29, 0.717) is 33.7 Å². The van der Waals surface area contributed by atoms with Crippen molar-refractivity contribution in [2.24, 2.45) is 0 Å². The SMILES string of the molecule is COc1cc(C(=O)N(C)C2CCN(C)CC2)ccc1Nc1ncc(Cl)c(-c2cnn(C(C)C)c2)n1. The van der Waals surface area contributed by atoms with Crippen LogP contribution in [0, 0.1) is 0 Å². The van der Waals surface area contributed by atoms with Crippen molar-refractivity contribution in [3.63, 3.8) is 0 Å². The van der Waals surface area contributed by atoms with E-state index in [1.165, 1.54) is 0 Å². The summed E-state index contributed by atoms with van der Waals surface area (Å²) in [6, 6.07) is 5.82. The summed E-state index contributed by atoms with van der Waals surface area (Å²) >= 11 is 6.38. The number of likely N-dealkylation sites (tertiary alicyclic amines) is 1. The van der Waals surface area contributed by atoms with Gasteiger partial charge in [0.05, 0.1) is 35.9 Å². The number of carbonyl (C=O) groups excluding carboxylic acids is 1. The Labute approximate surface area is 211 Å². The quantitative estimate of drug-likeness (QED) is 0.514. The number of halogens is 1. The molecule has 35 heavy (non-hydrogen) atoms. The van der Waals surface area contributed by atoms with Gasteiger partial charge in [-0.15, -0.1) is 0 Å². The van der Waals surface area contributed by atoms with Gasteiger partial charge in [-0.2, -0.15) is 5.10 Å². The molecule has 0 radical (unpaired) electrons. The fourth-order valence-electron chi connectivity index (χ4n) is 4.17.